The lowest BCUT2D eigenvalue weighted by Crippen LogP contribution is -2.67. The first kappa shape index (κ1) is 15.8. The summed E-state index contributed by atoms with van der Waals surface area (Å²) in [4.78, 5) is 4.26. The molecule has 0 radical (unpaired) electrons. The van der Waals surface area contributed by atoms with Crippen LogP contribution < -0.4 is 10.4 Å². The van der Waals surface area contributed by atoms with Gasteiger partial charge in [-0.2, -0.15) is 0 Å². The largest absolute Gasteiger partial charge is 0.340 e. The molecule has 0 aliphatic carbocycles. The van der Waals surface area contributed by atoms with E-state index >= 15 is 0 Å². The highest BCUT2D eigenvalue weighted by Gasteiger charge is 2.47. The summed E-state index contributed by atoms with van der Waals surface area (Å²) in [5.74, 6) is 0. The number of imidazole rings is 1. The number of rotatable bonds is 4. The van der Waals surface area contributed by atoms with Crippen molar-refractivity contribution >= 4 is 18.4 Å². The molecular formula is C20H24N2Si. The lowest BCUT2D eigenvalue weighted by molar-refractivity contribution is 0.698. The Labute approximate surface area is 139 Å². The van der Waals surface area contributed by atoms with Crippen molar-refractivity contribution in [3.8, 4) is 0 Å². The molecule has 23 heavy (non-hydrogen) atoms. The van der Waals surface area contributed by atoms with Crippen LogP contribution in [0, 0.1) is 0 Å². The molecule has 0 N–H and O–H groups in total. The van der Waals surface area contributed by atoms with E-state index in [2.05, 4.69) is 97.2 Å². The quantitative estimate of drug-likeness (QED) is 0.673. The summed E-state index contributed by atoms with van der Waals surface area (Å²) >= 11 is 0. The van der Waals surface area contributed by atoms with Gasteiger partial charge in [0.15, 0.2) is 0 Å². The maximum absolute atomic E-state index is 4.26. The highest BCUT2D eigenvalue weighted by Crippen LogP contribution is 2.36. The van der Waals surface area contributed by atoms with Gasteiger partial charge in [0.2, 0.25) is 0 Å². The summed E-state index contributed by atoms with van der Waals surface area (Å²) in [7, 11) is -2.03. The molecule has 1 aromatic heterocycles. The normalized spacial score (nSPS) is 12.3. The van der Waals surface area contributed by atoms with E-state index in [4.69, 9.17) is 0 Å². The lowest BCUT2D eigenvalue weighted by atomic mass is 10.2. The minimum atomic E-state index is -2.03. The maximum atomic E-state index is 4.26. The van der Waals surface area contributed by atoms with Crippen LogP contribution in [0.5, 0.6) is 0 Å². The van der Waals surface area contributed by atoms with E-state index in [1.807, 2.05) is 12.5 Å². The van der Waals surface area contributed by atoms with Gasteiger partial charge in [-0.15, -0.1) is 0 Å². The number of aromatic nitrogens is 2. The molecule has 0 spiro atoms. The van der Waals surface area contributed by atoms with Gasteiger partial charge in [-0.25, -0.2) is 4.98 Å². The van der Waals surface area contributed by atoms with Crippen LogP contribution in [0.4, 0.5) is 0 Å². The molecule has 0 saturated carbocycles. The third-order valence-corrected chi connectivity index (χ3v) is 10.8. The van der Waals surface area contributed by atoms with Crippen LogP contribution in [0.2, 0.25) is 5.04 Å². The summed E-state index contributed by atoms with van der Waals surface area (Å²) in [5, 5.41) is 3.14. The maximum Gasteiger partial charge on any atom is 0.143 e. The van der Waals surface area contributed by atoms with Gasteiger partial charge in [0.1, 0.15) is 8.07 Å². The number of benzene rings is 2. The van der Waals surface area contributed by atoms with E-state index in [0.717, 1.165) is 6.17 Å². The standard InChI is InChI=1S/C20H24N2Si/c1-20(2,3)23(17-22-15-14-21-16-22,18-10-6-4-7-11-18)19-12-8-5-9-13-19/h4-16H,17H2,1-3H3. The van der Waals surface area contributed by atoms with E-state index < -0.39 is 8.07 Å². The van der Waals surface area contributed by atoms with E-state index in [9.17, 15) is 0 Å². The van der Waals surface area contributed by atoms with Gasteiger partial charge in [0, 0.05) is 18.6 Å². The number of hydrogen-bond donors (Lipinski definition) is 0. The van der Waals surface area contributed by atoms with Crippen molar-refractivity contribution in [2.75, 3.05) is 0 Å². The van der Waals surface area contributed by atoms with Crippen molar-refractivity contribution in [2.45, 2.75) is 32.0 Å². The second-order valence-electron chi connectivity index (χ2n) is 7.12. The highest BCUT2D eigenvalue weighted by molar-refractivity contribution is 7.03. The van der Waals surface area contributed by atoms with Gasteiger partial charge >= 0.3 is 0 Å². The second kappa shape index (κ2) is 6.17. The Kier molecular flexibility index (Phi) is 4.22. The van der Waals surface area contributed by atoms with Crippen LogP contribution in [-0.4, -0.2) is 17.6 Å². The molecule has 0 fully saturated rings. The Balaban J connectivity index is 2.26. The smallest absolute Gasteiger partial charge is 0.143 e. The van der Waals surface area contributed by atoms with Gasteiger partial charge < -0.3 is 4.57 Å². The van der Waals surface area contributed by atoms with Crippen LogP contribution in [-0.2, 0) is 6.17 Å². The summed E-state index contributed by atoms with van der Waals surface area (Å²) in [5.41, 5.74) is 0. The molecule has 2 nitrogen and oxygen atoms in total. The molecule has 0 aliphatic heterocycles. The minimum Gasteiger partial charge on any atom is -0.340 e. The van der Waals surface area contributed by atoms with Crippen molar-refractivity contribution in [3.05, 3.63) is 79.4 Å². The van der Waals surface area contributed by atoms with Gasteiger partial charge in [0.05, 0.1) is 6.33 Å². The fourth-order valence-electron chi connectivity index (χ4n) is 3.55. The third kappa shape index (κ3) is 2.89. The third-order valence-electron chi connectivity index (χ3n) is 4.79. The molecule has 0 atom stereocenters. The number of hydrogen-bond acceptors (Lipinski definition) is 1. The Bertz CT molecular complexity index is 689. The molecular weight excluding hydrogens is 296 g/mol. The molecule has 3 aromatic rings. The summed E-state index contributed by atoms with van der Waals surface area (Å²) in [6, 6.07) is 22.1. The molecule has 0 amide bonds. The first-order valence-electron chi connectivity index (χ1n) is 8.11. The Morgan fingerprint density at radius 2 is 1.39 bits per heavy atom. The van der Waals surface area contributed by atoms with E-state index in [-0.39, 0.29) is 5.04 Å². The molecule has 2 aromatic carbocycles. The molecule has 0 saturated heterocycles. The Hall–Kier alpha value is -2.13. The van der Waals surface area contributed by atoms with Crippen molar-refractivity contribution in [1.82, 2.24) is 9.55 Å². The van der Waals surface area contributed by atoms with Crippen LogP contribution in [0.3, 0.4) is 0 Å². The summed E-state index contributed by atoms with van der Waals surface area (Å²) in [6.07, 6.45) is 6.90. The Morgan fingerprint density at radius 1 is 0.870 bits per heavy atom. The van der Waals surface area contributed by atoms with Gasteiger partial charge in [-0.1, -0.05) is 91.8 Å². The van der Waals surface area contributed by atoms with Crippen molar-refractivity contribution in [1.29, 1.82) is 0 Å². The molecule has 1 heterocycles. The summed E-state index contributed by atoms with van der Waals surface area (Å²) < 4.78 is 2.25. The predicted molar refractivity (Wildman–Crippen MR) is 99.8 cm³/mol. The van der Waals surface area contributed by atoms with Crippen LogP contribution in [0.1, 0.15) is 20.8 Å². The van der Waals surface area contributed by atoms with Crippen LogP contribution >= 0.6 is 0 Å². The molecule has 0 bridgehead atoms. The van der Waals surface area contributed by atoms with Crippen molar-refractivity contribution in [2.24, 2.45) is 0 Å². The molecule has 118 valence electrons. The van der Waals surface area contributed by atoms with Gasteiger partial charge in [0.25, 0.3) is 0 Å². The second-order valence-corrected chi connectivity index (χ2v) is 11.9. The summed E-state index contributed by atoms with van der Waals surface area (Å²) in [6.45, 7) is 7.16. The van der Waals surface area contributed by atoms with E-state index in [0.29, 0.717) is 0 Å². The van der Waals surface area contributed by atoms with Crippen LogP contribution in [0.15, 0.2) is 79.4 Å². The minimum absolute atomic E-state index is 0.181. The van der Waals surface area contributed by atoms with E-state index in [1.54, 1.807) is 0 Å². The SMILES string of the molecule is CC(C)(C)[Si](Cn1ccnc1)(c1ccccc1)c1ccccc1. The zero-order chi connectivity index (χ0) is 16.3. The molecule has 3 heteroatoms. The average Bonchev–Trinajstić information content (AvgIpc) is 3.06. The predicted octanol–water partition coefficient (Wildman–Crippen LogP) is 3.49. The first-order valence-corrected chi connectivity index (χ1v) is 10.3. The number of nitrogens with zero attached hydrogens (tertiary/aromatic N) is 2. The van der Waals surface area contributed by atoms with Crippen LogP contribution in [0.25, 0.3) is 0 Å². The first-order chi connectivity index (χ1) is 11.0. The fraction of sp³-hybridized carbons (Fsp3) is 0.250. The van der Waals surface area contributed by atoms with Gasteiger partial charge in [-0.05, 0) is 5.04 Å². The zero-order valence-corrected chi connectivity index (χ0v) is 15.1. The molecule has 0 unspecified atom stereocenters. The highest BCUT2D eigenvalue weighted by atomic mass is 28.3. The fourth-order valence-corrected chi connectivity index (χ4v) is 8.71. The molecule has 3 rings (SSSR count). The molecule has 0 aliphatic rings. The topological polar surface area (TPSA) is 17.8 Å². The lowest BCUT2D eigenvalue weighted by Gasteiger charge is -2.44. The average molecular weight is 321 g/mol. The van der Waals surface area contributed by atoms with Crippen molar-refractivity contribution < 1.29 is 0 Å². The Morgan fingerprint density at radius 3 is 1.78 bits per heavy atom. The van der Waals surface area contributed by atoms with E-state index in [1.165, 1.54) is 10.4 Å². The van der Waals surface area contributed by atoms with Gasteiger partial charge in [-0.3, -0.25) is 0 Å². The zero-order valence-electron chi connectivity index (χ0n) is 14.1. The monoisotopic (exact) mass is 320 g/mol. The van der Waals surface area contributed by atoms with Crippen molar-refractivity contribution in [3.63, 3.8) is 0 Å².